The molecule has 0 N–H and O–H groups in total. The number of hydrogen-bond donors (Lipinski definition) is 0. The topological polar surface area (TPSA) is 42.4 Å². The first-order chi connectivity index (χ1) is 12.2. The third-order valence-corrected chi connectivity index (χ3v) is 4.64. The number of amides is 1. The van der Waals surface area contributed by atoms with E-state index in [1.807, 2.05) is 41.3 Å². The van der Waals surface area contributed by atoms with Crippen LogP contribution in [0.4, 0.5) is 0 Å². The molecule has 0 spiro atoms. The van der Waals surface area contributed by atoms with Gasteiger partial charge >= 0.3 is 0 Å². The number of nitrogens with zero attached hydrogens (tertiary/aromatic N) is 2. The van der Waals surface area contributed by atoms with Crippen molar-refractivity contribution in [2.45, 2.75) is 12.5 Å². The Kier molecular flexibility index (Phi) is 4.28. The number of carbonyl (C=O) groups excluding carboxylic acids is 1. The van der Waals surface area contributed by atoms with Gasteiger partial charge in [0.05, 0.1) is 12.1 Å². The molecule has 1 fully saturated rings. The summed E-state index contributed by atoms with van der Waals surface area (Å²) in [7, 11) is 0. The highest BCUT2D eigenvalue weighted by molar-refractivity contribution is 6.30. The molecule has 0 saturated carbocycles. The Hall–Kier alpha value is -2.59. The number of ether oxygens (including phenoxy) is 1. The van der Waals surface area contributed by atoms with Crippen molar-refractivity contribution in [3.63, 3.8) is 0 Å². The van der Waals surface area contributed by atoms with Gasteiger partial charge in [-0.05, 0) is 36.4 Å². The maximum Gasteiger partial charge on any atom is 0.253 e. The Morgan fingerprint density at radius 2 is 1.88 bits per heavy atom. The Balaban J connectivity index is 1.43. The van der Waals surface area contributed by atoms with Gasteiger partial charge in [-0.2, -0.15) is 0 Å². The lowest BCUT2D eigenvalue weighted by Crippen LogP contribution is -2.31. The smallest absolute Gasteiger partial charge is 0.253 e. The maximum atomic E-state index is 12.5. The van der Waals surface area contributed by atoms with Crippen molar-refractivity contribution in [2.24, 2.45) is 0 Å². The van der Waals surface area contributed by atoms with E-state index in [0.29, 0.717) is 29.6 Å². The van der Waals surface area contributed by atoms with Crippen molar-refractivity contribution in [3.05, 3.63) is 71.2 Å². The number of rotatable bonds is 3. The molecular weight excluding hydrogens is 336 g/mol. The van der Waals surface area contributed by atoms with E-state index in [9.17, 15) is 4.79 Å². The predicted molar refractivity (Wildman–Crippen MR) is 98.1 cm³/mol. The van der Waals surface area contributed by atoms with Crippen LogP contribution in [0.3, 0.4) is 0 Å². The van der Waals surface area contributed by atoms with E-state index in [1.54, 1.807) is 24.3 Å². The summed E-state index contributed by atoms with van der Waals surface area (Å²) in [6.07, 6.45) is 0.762. The third kappa shape index (κ3) is 3.44. The Morgan fingerprint density at radius 3 is 2.72 bits per heavy atom. The molecule has 1 atom stereocenters. The lowest BCUT2D eigenvalue weighted by Gasteiger charge is -2.17. The summed E-state index contributed by atoms with van der Waals surface area (Å²) >= 11 is 5.88. The fourth-order valence-corrected chi connectivity index (χ4v) is 3.19. The molecular formula is C20H17ClN2O2. The average Bonchev–Trinajstić information content (AvgIpc) is 3.10. The van der Waals surface area contributed by atoms with Crippen LogP contribution in [0.5, 0.6) is 5.88 Å². The zero-order valence-electron chi connectivity index (χ0n) is 13.6. The number of hydrogen-bond acceptors (Lipinski definition) is 3. The molecule has 4 rings (SSSR count). The number of likely N-dealkylation sites (tertiary alicyclic amines) is 1. The molecule has 1 aliphatic rings. The van der Waals surface area contributed by atoms with E-state index in [2.05, 4.69) is 4.98 Å². The van der Waals surface area contributed by atoms with Gasteiger partial charge in [0.1, 0.15) is 6.10 Å². The minimum atomic E-state index is -0.0371. The molecule has 1 aromatic heterocycles. The van der Waals surface area contributed by atoms with Gasteiger partial charge in [0.2, 0.25) is 5.88 Å². The van der Waals surface area contributed by atoms with E-state index < -0.39 is 0 Å². The second-order valence-corrected chi connectivity index (χ2v) is 6.57. The van der Waals surface area contributed by atoms with Gasteiger partial charge in [0, 0.05) is 35.0 Å². The quantitative estimate of drug-likeness (QED) is 0.710. The molecule has 1 unspecified atom stereocenters. The van der Waals surface area contributed by atoms with Crippen molar-refractivity contribution in [1.82, 2.24) is 9.88 Å². The number of para-hydroxylation sites is 1. The van der Waals surface area contributed by atoms with Gasteiger partial charge in [-0.3, -0.25) is 4.79 Å². The van der Waals surface area contributed by atoms with Crippen LogP contribution in [0.15, 0.2) is 60.7 Å². The molecule has 0 bridgehead atoms. The summed E-state index contributed by atoms with van der Waals surface area (Å²) in [5, 5.41) is 1.71. The van der Waals surface area contributed by atoms with Gasteiger partial charge in [-0.25, -0.2) is 4.98 Å². The van der Waals surface area contributed by atoms with E-state index in [-0.39, 0.29) is 12.0 Å². The largest absolute Gasteiger partial charge is 0.472 e. The highest BCUT2D eigenvalue weighted by Gasteiger charge is 2.28. The van der Waals surface area contributed by atoms with Gasteiger partial charge in [0.25, 0.3) is 5.91 Å². The number of fused-ring (bicyclic) bond motifs is 1. The first kappa shape index (κ1) is 15.9. The van der Waals surface area contributed by atoms with Crippen LogP contribution in [0.2, 0.25) is 5.02 Å². The zero-order valence-corrected chi connectivity index (χ0v) is 14.3. The zero-order chi connectivity index (χ0) is 17.2. The monoisotopic (exact) mass is 352 g/mol. The molecule has 126 valence electrons. The molecule has 3 aromatic rings. The number of halogens is 1. The summed E-state index contributed by atoms with van der Waals surface area (Å²) < 4.78 is 5.99. The molecule has 0 aliphatic carbocycles. The van der Waals surface area contributed by atoms with Crippen LogP contribution in [0.25, 0.3) is 10.9 Å². The van der Waals surface area contributed by atoms with Crippen LogP contribution in [0.1, 0.15) is 16.8 Å². The van der Waals surface area contributed by atoms with Crippen molar-refractivity contribution in [2.75, 3.05) is 13.1 Å². The Labute approximate surface area is 151 Å². The highest BCUT2D eigenvalue weighted by atomic mass is 35.5. The van der Waals surface area contributed by atoms with Crippen molar-refractivity contribution >= 4 is 28.4 Å². The molecule has 1 amide bonds. The van der Waals surface area contributed by atoms with Crippen LogP contribution in [-0.4, -0.2) is 35.0 Å². The van der Waals surface area contributed by atoms with Crippen LogP contribution >= 0.6 is 11.6 Å². The molecule has 1 saturated heterocycles. The SMILES string of the molecule is O=C(c1ccc(Cl)cc1)N1CCC(Oc2ccc3ccccc3n2)C1. The lowest BCUT2D eigenvalue weighted by molar-refractivity contribution is 0.0771. The molecule has 25 heavy (non-hydrogen) atoms. The summed E-state index contributed by atoms with van der Waals surface area (Å²) in [4.78, 5) is 18.9. The molecule has 0 radical (unpaired) electrons. The maximum absolute atomic E-state index is 12.5. The Bertz CT molecular complexity index is 911. The second kappa shape index (κ2) is 6.73. The first-order valence-corrected chi connectivity index (χ1v) is 8.64. The van der Waals surface area contributed by atoms with Crippen molar-refractivity contribution < 1.29 is 9.53 Å². The van der Waals surface area contributed by atoms with Crippen molar-refractivity contribution in [1.29, 1.82) is 0 Å². The first-order valence-electron chi connectivity index (χ1n) is 8.26. The molecule has 2 heterocycles. The van der Waals surface area contributed by atoms with Crippen LogP contribution < -0.4 is 4.74 Å². The van der Waals surface area contributed by atoms with Gasteiger partial charge in [-0.1, -0.05) is 29.8 Å². The van der Waals surface area contributed by atoms with Gasteiger partial charge < -0.3 is 9.64 Å². The van der Waals surface area contributed by atoms with E-state index in [1.165, 1.54) is 0 Å². The molecule has 4 nitrogen and oxygen atoms in total. The fourth-order valence-electron chi connectivity index (χ4n) is 3.07. The van der Waals surface area contributed by atoms with Gasteiger partial charge in [-0.15, -0.1) is 0 Å². The summed E-state index contributed by atoms with van der Waals surface area (Å²) in [6.45, 7) is 1.25. The lowest BCUT2D eigenvalue weighted by atomic mass is 10.2. The van der Waals surface area contributed by atoms with Gasteiger partial charge in [0.15, 0.2) is 0 Å². The minimum Gasteiger partial charge on any atom is -0.472 e. The Morgan fingerprint density at radius 1 is 1.08 bits per heavy atom. The molecule has 5 heteroatoms. The third-order valence-electron chi connectivity index (χ3n) is 4.38. The fraction of sp³-hybridized carbons (Fsp3) is 0.200. The normalized spacial score (nSPS) is 17.0. The number of pyridine rings is 1. The summed E-state index contributed by atoms with van der Waals surface area (Å²) in [6, 6.07) is 18.8. The summed E-state index contributed by atoms with van der Waals surface area (Å²) in [5.41, 5.74) is 1.56. The van der Waals surface area contributed by atoms with Crippen molar-refractivity contribution in [3.8, 4) is 5.88 Å². The number of aromatic nitrogens is 1. The van der Waals surface area contributed by atoms with Crippen LogP contribution in [-0.2, 0) is 0 Å². The number of carbonyl (C=O) groups is 1. The van der Waals surface area contributed by atoms with Crippen LogP contribution in [0, 0.1) is 0 Å². The average molecular weight is 353 g/mol. The second-order valence-electron chi connectivity index (χ2n) is 6.13. The van der Waals surface area contributed by atoms with E-state index in [0.717, 1.165) is 17.3 Å². The highest BCUT2D eigenvalue weighted by Crippen LogP contribution is 2.21. The summed E-state index contributed by atoms with van der Waals surface area (Å²) in [5.74, 6) is 0.610. The van der Waals surface area contributed by atoms with E-state index in [4.69, 9.17) is 16.3 Å². The molecule has 1 aliphatic heterocycles. The minimum absolute atomic E-state index is 0.00855. The van der Waals surface area contributed by atoms with E-state index >= 15 is 0 Å². The number of benzene rings is 2. The molecule has 2 aromatic carbocycles. The standard InChI is InChI=1S/C20H17ClN2O2/c21-16-8-5-15(6-9-16)20(24)23-12-11-17(13-23)25-19-10-7-14-3-1-2-4-18(14)22-19/h1-10,17H,11-13H2. The predicted octanol–water partition coefficient (Wildman–Crippen LogP) is 4.18.